The predicted octanol–water partition coefficient (Wildman–Crippen LogP) is 3.90. The lowest BCUT2D eigenvalue weighted by Gasteiger charge is -2.26. The first-order chi connectivity index (χ1) is 18.4. The van der Waals surface area contributed by atoms with Crippen LogP contribution in [0.15, 0.2) is 72.8 Å². The van der Waals surface area contributed by atoms with Crippen LogP contribution in [-0.4, -0.2) is 58.0 Å². The maximum atomic E-state index is 12.4. The molecule has 0 heterocycles. The Morgan fingerprint density at radius 3 is 1.92 bits per heavy atom. The zero-order chi connectivity index (χ0) is 27.3. The number of esters is 1. The largest absolute Gasteiger partial charge is 0.497 e. The summed E-state index contributed by atoms with van der Waals surface area (Å²) >= 11 is 0. The summed E-state index contributed by atoms with van der Waals surface area (Å²) in [5, 5.41) is 16.9. The Labute approximate surface area is 223 Å². The summed E-state index contributed by atoms with van der Waals surface area (Å²) in [6.45, 7) is 1.45. The summed E-state index contributed by atoms with van der Waals surface area (Å²) < 4.78 is 15.4. The van der Waals surface area contributed by atoms with Gasteiger partial charge >= 0.3 is 11.9 Å². The van der Waals surface area contributed by atoms with Crippen LogP contribution in [0.4, 0.5) is 0 Å². The van der Waals surface area contributed by atoms with E-state index >= 15 is 0 Å². The van der Waals surface area contributed by atoms with Crippen LogP contribution >= 0.6 is 0 Å². The topological polar surface area (TPSA) is 106 Å². The number of ether oxygens (including phenoxy) is 3. The fourth-order valence-corrected chi connectivity index (χ4v) is 4.30. The quantitative estimate of drug-likeness (QED) is 0.205. The summed E-state index contributed by atoms with van der Waals surface area (Å²) in [7, 11) is 4.59. The number of carbonyl (C=O) groups is 2. The lowest BCUT2D eigenvalue weighted by atomic mass is 9.91. The summed E-state index contributed by atoms with van der Waals surface area (Å²) in [6, 6.07) is 22.0. The Balaban J connectivity index is 1.71. The van der Waals surface area contributed by atoms with Gasteiger partial charge in [-0.3, -0.25) is 4.79 Å². The van der Waals surface area contributed by atoms with Gasteiger partial charge in [0.1, 0.15) is 11.5 Å². The maximum absolute atomic E-state index is 12.4. The molecule has 3 N–H and O–H groups in total. The van der Waals surface area contributed by atoms with Gasteiger partial charge in [-0.2, -0.15) is 0 Å². The van der Waals surface area contributed by atoms with E-state index in [9.17, 15) is 14.7 Å². The highest BCUT2D eigenvalue weighted by Crippen LogP contribution is 2.24. The minimum atomic E-state index is -0.908. The molecule has 38 heavy (non-hydrogen) atoms. The maximum Gasteiger partial charge on any atom is 0.337 e. The molecule has 0 aromatic heterocycles. The first-order valence-corrected chi connectivity index (χ1v) is 12.6. The van der Waals surface area contributed by atoms with E-state index in [4.69, 9.17) is 14.2 Å². The van der Waals surface area contributed by atoms with Crippen molar-refractivity contribution in [2.75, 3.05) is 41.0 Å². The molecule has 2 atom stereocenters. The van der Waals surface area contributed by atoms with E-state index in [0.717, 1.165) is 34.6 Å². The number of rotatable bonds is 15. The van der Waals surface area contributed by atoms with Crippen molar-refractivity contribution in [3.05, 3.63) is 95.1 Å². The molecule has 3 aromatic rings. The van der Waals surface area contributed by atoms with Crippen LogP contribution < -0.4 is 20.1 Å². The van der Waals surface area contributed by atoms with Gasteiger partial charge in [-0.05, 0) is 79.0 Å². The van der Waals surface area contributed by atoms with E-state index in [2.05, 4.69) is 10.6 Å². The fourth-order valence-electron chi connectivity index (χ4n) is 4.30. The molecule has 0 spiro atoms. The molecule has 0 aliphatic carbocycles. The molecular weight excluding hydrogens is 484 g/mol. The summed E-state index contributed by atoms with van der Waals surface area (Å²) in [5.41, 5.74) is 3.38. The molecule has 3 aromatic carbocycles. The van der Waals surface area contributed by atoms with Gasteiger partial charge in [0.15, 0.2) is 0 Å². The Morgan fingerprint density at radius 1 is 0.816 bits per heavy atom. The lowest BCUT2D eigenvalue weighted by Crippen LogP contribution is -2.40. The highest BCUT2D eigenvalue weighted by atomic mass is 16.5. The molecule has 0 fully saturated rings. The zero-order valence-corrected chi connectivity index (χ0v) is 22.1. The van der Waals surface area contributed by atoms with Crippen LogP contribution in [-0.2, 0) is 22.4 Å². The Morgan fingerprint density at radius 2 is 1.39 bits per heavy atom. The number of carboxylic acids is 1. The molecule has 8 nitrogen and oxygen atoms in total. The van der Waals surface area contributed by atoms with E-state index < -0.39 is 23.9 Å². The van der Waals surface area contributed by atoms with Gasteiger partial charge in [0.05, 0.1) is 32.8 Å². The first-order valence-electron chi connectivity index (χ1n) is 12.6. The Hall–Kier alpha value is -3.88. The molecule has 202 valence electrons. The van der Waals surface area contributed by atoms with Gasteiger partial charge in [0.2, 0.25) is 0 Å². The molecule has 0 saturated carbocycles. The predicted molar refractivity (Wildman–Crippen MR) is 146 cm³/mol. The van der Waals surface area contributed by atoms with E-state index in [1.54, 1.807) is 38.5 Å². The second kappa shape index (κ2) is 14.8. The molecule has 0 bridgehead atoms. The van der Waals surface area contributed by atoms with Crippen molar-refractivity contribution in [2.45, 2.75) is 18.9 Å². The van der Waals surface area contributed by atoms with E-state index in [1.807, 2.05) is 48.5 Å². The van der Waals surface area contributed by atoms with Gasteiger partial charge in [0, 0.05) is 12.6 Å². The van der Waals surface area contributed by atoms with Gasteiger partial charge in [-0.25, -0.2) is 4.79 Å². The highest BCUT2D eigenvalue weighted by molar-refractivity contribution is 5.89. The fraction of sp³-hybridized carbons (Fsp3) is 0.333. The number of hydrogen-bond donors (Lipinski definition) is 3. The van der Waals surface area contributed by atoms with Crippen molar-refractivity contribution in [3.8, 4) is 11.5 Å². The van der Waals surface area contributed by atoms with Crippen molar-refractivity contribution in [2.24, 2.45) is 5.92 Å². The van der Waals surface area contributed by atoms with Crippen molar-refractivity contribution in [3.63, 3.8) is 0 Å². The number of carboxylic acid groups (broad SMARTS) is 1. The number of methoxy groups -OCH3 is 3. The number of aliphatic carboxylic acids is 1. The average molecular weight is 521 g/mol. The Bertz CT molecular complexity index is 1180. The number of nitrogens with one attached hydrogen (secondary N) is 2. The third-order valence-corrected chi connectivity index (χ3v) is 6.41. The molecule has 0 aliphatic rings. The summed E-state index contributed by atoms with van der Waals surface area (Å²) in [5.74, 6) is -0.514. The first kappa shape index (κ1) is 28.7. The van der Waals surface area contributed by atoms with Gasteiger partial charge in [0.25, 0.3) is 0 Å². The second-order valence-corrected chi connectivity index (χ2v) is 8.90. The molecule has 2 unspecified atom stereocenters. The number of benzene rings is 3. The van der Waals surface area contributed by atoms with Gasteiger partial charge in [-0.1, -0.05) is 36.4 Å². The van der Waals surface area contributed by atoms with Crippen LogP contribution in [0.5, 0.6) is 11.5 Å². The minimum absolute atomic E-state index is 0.273. The van der Waals surface area contributed by atoms with Crippen molar-refractivity contribution >= 4 is 11.9 Å². The minimum Gasteiger partial charge on any atom is -0.497 e. The van der Waals surface area contributed by atoms with Crippen LogP contribution in [0, 0.1) is 5.92 Å². The van der Waals surface area contributed by atoms with Gasteiger partial charge in [-0.15, -0.1) is 0 Å². The number of carbonyl (C=O) groups excluding carboxylic acids is 1. The summed E-state index contributed by atoms with van der Waals surface area (Å²) in [4.78, 5) is 24.3. The normalized spacial score (nSPS) is 12.4. The lowest BCUT2D eigenvalue weighted by molar-refractivity contribution is -0.142. The zero-order valence-electron chi connectivity index (χ0n) is 22.1. The van der Waals surface area contributed by atoms with Gasteiger partial charge < -0.3 is 30.0 Å². The molecule has 0 amide bonds. The molecule has 3 rings (SSSR count). The molecule has 0 aliphatic heterocycles. The summed E-state index contributed by atoms with van der Waals surface area (Å²) in [6.07, 6.45) is 1.44. The van der Waals surface area contributed by atoms with E-state index in [-0.39, 0.29) is 6.54 Å². The van der Waals surface area contributed by atoms with Crippen molar-refractivity contribution in [1.82, 2.24) is 10.6 Å². The Kier molecular flexibility index (Phi) is 11.1. The van der Waals surface area contributed by atoms with E-state index in [1.165, 1.54) is 7.11 Å². The highest BCUT2D eigenvalue weighted by Gasteiger charge is 2.29. The van der Waals surface area contributed by atoms with Crippen LogP contribution in [0.3, 0.4) is 0 Å². The standard InChI is InChI=1S/C30H36N2O6/c1-36-25-8-4-6-21(18-25)14-16-31-20-27(29(33)34)28(23-10-12-24(13-11-23)30(35)38-3)32-17-15-22-7-5-9-26(19-22)37-2/h4-13,18-19,27-28,31-32H,14-17,20H2,1-3H3,(H,33,34). The molecule has 8 heteroatoms. The van der Waals surface area contributed by atoms with Crippen LogP contribution in [0.25, 0.3) is 0 Å². The second-order valence-electron chi connectivity index (χ2n) is 8.90. The number of hydrogen-bond acceptors (Lipinski definition) is 7. The monoisotopic (exact) mass is 520 g/mol. The SMILES string of the molecule is COC(=O)c1ccc(C(NCCc2cccc(OC)c2)C(CNCCc2cccc(OC)c2)C(=O)O)cc1. The third kappa shape index (κ3) is 8.33. The molecule has 0 radical (unpaired) electrons. The third-order valence-electron chi connectivity index (χ3n) is 6.41. The van der Waals surface area contributed by atoms with Crippen LogP contribution in [0.1, 0.15) is 33.1 Å². The molecule has 0 saturated heterocycles. The van der Waals surface area contributed by atoms with E-state index in [0.29, 0.717) is 25.1 Å². The smallest absolute Gasteiger partial charge is 0.337 e. The molecular formula is C30H36N2O6. The van der Waals surface area contributed by atoms with Crippen molar-refractivity contribution in [1.29, 1.82) is 0 Å². The van der Waals surface area contributed by atoms with Crippen molar-refractivity contribution < 1.29 is 28.9 Å². The van der Waals surface area contributed by atoms with Crippen LogP contribution in [0.2, 0.25) is 0 Å². The average Bonchev–Trinajstić information content (AvgIpc) is 2.95.